The van der Waals surface area contributed by atoms with Gasteiger partial charge in [-0.25, -0.2) is 0 Å². The van der Waals surface area contributed by atoms with Crippen LogP contribution in [0.4, 0.5) is 0 Å². The molecule has 13 nitrogen and oxygen atoms in total. The maximum absolute atomic E-state index is 14.9. The quantitative estimate of drug-likeness (QED) is 0.0822. The highest BCUT2D eigenvalue weighted by molar-refractivity contribution is 7.53. The summed E-state index contributed by atoms with van der Waals surface area (Å²) in [6.07, 6.45) is -5.15. The van der Waals surface area contributed by atoms with Crippen LogP contribution in [0.25, 0.3) is 0 Å². The zero-order valence-corrected chi connectivity index (χ0v) is 37.1. The first kappa shape index (κ1) is 47.2. The van der Waals surface area contributed by atoms with E-state index in [0.29, 0.717) is 13.0 Å². The lowest BCUT2D eigenvalue weighted by Gasteiger charge is -2.47. The summed E-state index contributed by atoms with van der Waals surface area (Å²) in [6, 6.07) is 37.6. The molecule has 2 aliphatic heterocycles. The summed E-state index contributed by atoms with van der Waals surface area (Å²) < 4.78 is 66.7. The van der Waals surface area contributed by atoms with Crippen molar-refractivity contribution in [2.45, 2.75) is 121 Å². The van der Waals surface area contributed by atoms with Gasteiger partial charge in [-0.05, 0) is 35.6 Å². The molecule has 4 aromatic rings. The standard InChI is InChI=1S/C48H61N2O11P/c1-6-40-45(55-27-36-19-11-7-12-20-36)48(58-30-39-25-17-10-18-26-39)44(50-35(4)52)42(61-40)32-62(53,54-5)59-31-41-46(56-28-37-21-13-8-14-22-37)47(43(33(2)60-41)49-34(3)51)57-29-38-23-15-9-16-24-38/h7-26,33,40-48H,6,27-32H2,1-5H3,(H,49,51)(H,50,52)/t33-,40?,41?,42-,43?,44?,45-,46-,47+,48+,62?/m0/s1. The Hall–Kier alpha value is -4.27. The van der Waals surface area contributed by atoms with Crippen LogP contribution in [0.2, 0.25) is 0 Å². The summed E-state index contributed by atoms with van der Waals surface area (Å²) in [4.78, 5) is 25.4. The molecule has 334 valence electrons. The largest absolute Gasteiger partial charge is 0.369 e. The molecule has 0 spiro atoms. The van der Waals surface area contributed by atoms with Gasteiger partial charge in [-0.3, -0.25) is 14.2 Å². The number of carbonyl (C=O) groups is 2. The fraction of sp³-hybridized carbons (Fsp3) is 0.458. The summed E-state index contributed by atoms with van der Waals surface area (Å²) >= 11 is 0. The fourth-order valence-corrected chi connectivity index (χ4v) is 9.54. The molecule has 11 atom stereocenters. The average molecular weight is 873 g/mol. The van der Waals surface area contributed by atoms with Gasteiger partial charge in [0.05, 0.1) is 69.6 Å². The molecule has 2 N–H and O–H groups in total. The topological polar surface area (TPSA) is 149 Å². The van der Waals surface area contributed by atoms with Crippen molar-refractivity contribution in [2.75, 3.05) is 19.9 Å². The van der Waals surface area contributed by atoms with Gasteiger partial charge in [0.2, 0.25) is 11.8 Å². The fourth-order valence-electron chi connectivity index (χ4n) is 8.05. The number of ether oxygens (including phenoxy) is 6. The number of rotatable bonds is 21. The number of hydrogen-bond acceptors (Lipinski definition) is 11. The van der Waals surface area contributed by atoms with Crippen LogP contribution in [0.3, 0.4) is 0 Å². The van der Waals surface area contributed by atoms with Crippen molar-refractivity contribution >= 4 is 19.4 Å². The maximum Gasteiger partial charge on any atom is 0.333 e. The molecule has 0 radical (unpaired) electrons. The number of hydrogen-bond donors (Lipinski definition) is 2. The van der Waals surface area contributed by atoms with Crippen LogP contribution in [0.5, 0.6) is 0 Å². The van der Waals surface area contributed by atoms with E-state index in [4.69, 9.17) is 37.5 Å². The van der Waals surface area contributed by atoms with Crippen molar-refractivity contribution in [1.82, 2.24) is 10.6 Å². The highest BCUT2D eigenvalue weighted by Gasteiger charge is 2.51. The first-order valence-corrected chi connectivity index (χ1v) is 23.0. The van der Waals surface area contributed by atoms with Gasteiger partial charge < -0.3 is 48.1 Å². The molecule has 2 fully saturated rings. The van der Waals surface area contributed by atoms with E-state index in [1.807, 2.05) is 135 Å². The average Bonchev–Trinajstić information content (AvgIpc) is 3.28. The van der Waals surface area contributed by atoms with Gasteiger partial charge in [0, 0.05) is 21.0 Å². The molecule has 4 aromatic carbocycles. The molecule has 62 heavy (non-hydrogen) atoms. The number of carbonyl (C=O) groups excluding carboxylic acids is 2. The van der Waals surface area contributed by atoms with E-state index in [0.717, 1.165) is 22.3 Å². The lowest BCUT2D eigenvalue weighted by molar-refractivity contribution is -0.224. The molecule has 0 saturated carbocycles. The predicted molar refractivity (Wildman–Crippen MR) is 234 cm³/mol. The van der Waals surface area contributed by atoms with Gasteiger partial charge in [-0.2, -0.15) is 0 Å². The lowest BCUT2D eigenvalue weighted by Crippen LogP contribution is -2.65. The molecule has 2 saturated heterocycles. The minimum absolute atomic E-state index is 0.210. The van der Waals surface area contributed by atoms with E-state index >= 15 is 0 Å². The zero-order chi connectivity index (χ0) is 43.9. The van der Waals surface area contributed by atoms with E-state index < -0.39 is 68.5 Å². The van der Waals surface area contributed by atoms with Crippen molar-refractivity contribution in [3.8, 4) is 0 Å². The normalized spacial score (nSPS) is 27.2. The monoisotopic (exact) mass is 872 g/mol. The number of nitrogens with one attached hydrogen (secondary N) is 2. The molecule has 2 aliphatic rings. The maximum atomic E-state index is 14.9. The molecule has 0 aliphatic carbocycles. The number of benzene rings is 4. The van der Waals surface area contributed by atoms with Gasteiger partial charge in [-0.15, -0.1) is 0 Å². The van der Waals surface area contributed by atoms with Crippen LogP contribution in [0, 0.1) is 0 Å². The molecule has 2 amide bonds. The third-order valence-electron chi connectivity index (χ3n) is 11.1. The van der Waals surface area contributed by atoms with Crippen molar-refractivity contribution in [2.24, 2.45) is 0 Å². The molecule has 5 unspecified atom stereocenters. The van der Waals surface area contributed by atoms with Crippen molar-refractivity contribution < 1.29 is 51.6 Å². The Balaban J connectivity index is 1.25. The van der Waals surface area contributed by atoms with Crippen LogP contribution >= 0.6 is 7.60 Å². The first-order valence-electron chi connectivity index (χ1n) is 21.3. The van der Waals surface area contributed by atoms with E-state index in [1.54, 1.807) is 0 Å². The third kappa shape index (κ3) is 13.4. The Morgan fingerprint density at radius 2 is 0.952 bits per heavy atom. The van der Waals surface area contributed by atoms with E-state index in [-0.39, 0.29) is 44.4 Å². The second-order valence-electron chi connectivity index (χ2n) is 15.8. The Labute approximate surface area is 365 Å². The lowest BCUT2D eigenvalue weighted by atomic mass is 9.91. The Bertz CT molecular complexity index is 2000. The summed E-state index contributed by atoms with van der Waals surface area (Å²) in [7, 11) is -2.67. The van der Waals surface area contributed by atoms with Gasteiger partial charge in [0.1, 0.15) is 30.5 Å². The van der Waals surface area contributed by atoms with Crippen LogP contribution < -0.4 is 10.6 Å². The Morgan fingerprint density at radius 1 is 0.565 bits per heavy atom. The summed E-state index contributed by atoms with van der Waals surface area (Å²) in [5.41, 5.74) is 3.78. The molecule has 2 heterocycles. The molecular formula is C48H61N2O11P. The van der Waals surface area contributed by atoms with Crippen molar-refractivity contribution in [1.29, 1.82) is 0 Å². The predicted octanol–water partition coefficient (Wildman–Crippen LogP) is 7.16. The van der Waals surface area contributed by atoms with Crippen molar-refractivity contribution in [3.63, 3.8) is 0 Å². The van der Waals surface area contributed by atoms with Crippen LogP contribution in [0.1, 0.15) is 56.4 Å². The first-order chi connectivity index (χ1) is 30.1. The third-order valence-corrected chi connectivity index (χ3v) is 13.0. The molecule has 0 aromatic heterocycles. The molecule has 0 bridgehead atoms. The Kier molecular flexibility index (Phi) is 17.8. The molecule has 6 rings (SSSR count). The molecular weight excluding hydrogens is 812 g/mol. The minimum Gasteiger partial charge on any atom is -0.369 e. The van der Waals surface area contributed by atoms with E-state index in [9.17, 15) is 14.2 Å². The summed E-state index contributed by atoms with van der Waals surface area (Å²) in [5.74, 6) is -0.565. The number of amides is 2. The van der Waals surface area contributed by atoms with Gasteiger partial charge in [-0.1, -0.05) is 128 Å². The second-order valence-corrected chi connectivity index (χ2v) is 18.0. The van der Waals surface area contributed by atoms with Crippen molar-refractivity contribution in [3.05, 3.63) is 144 Å². The molecule has 14 heteroatoms. The SMILES string of the molecule is CCC1O[C@@H](CP(=O)(OC)OCC2O[C@@H](C)C(NC(C)=O)[C@@H](OCc3ccccc3)[C@H]2OCc2ccccc2)C(NC(C)=O)[C@@H](OCc2ccccc2)[C@H]1OCc1ccccc1. The zero-order valence-electron chi connectivity index (χ0n) is 36.2. The van der Waals surface area contributed by atoms with Gasteiger partial charge >= 0.3 is 7.60 Å². The smallest absolute Gasteiger partial charge is 0.333 e. The van der Waals surface area contributed by atoms with Crippen LogP contribution in [-0.2, 0) is 78.1 Å². The highest BCUT2D eigenvalue weighted by atomic mass is 31.2. The van der Waals surface area contributed by atoms with Gasteiger partial charge in [0.15, 0.2) is 0 Å². The summed E-state index contributed by atoms with van der Waals surface area (Å²) in [6.45, 7) is 7.48. The second kappa shape index (κ2) is 23.4. The summed E-state index contributed by atoms with van der Waals surface area (Å²) in [5, 5.41) is 6.06. The van der Waals surface area contributed by atoms with Crippen LogP contribution in [0.15, 0.2) is 121 Å². The highest BCUT2D eigenvalue weighted by Crippen LogP contribution is 2.50. The minimum atomic E-state index is -4.00. The van der Waals surface area contributed by atoms with E-state index in [2.05, 4.69) is 10.6 Å². The van der Waals surface area contributed by atoms with Crippen LogP contribution in [-0.4, -0.2) is 92.6 Å². The van der Waals surface area contributed by atoms with Gasteiger partial charge in [0.25, 0.3) is 0 Å². The Morgan fingerprint density at radius 3 is 1.35 bits per heavy atom. The van der Waals surface area contributed by atoms with E-state index in [1.165, 1.54) is 21.0 Å².